The molecule has 1 rings (SSSR count). The number of benzene rings is 1. The van der Waals surface area contributed by atoms with Gasteiger partial charge < -0.3 is 10.6 Å². The van der Waals surface area contributed by atoms with Crippen molar-refractivity contribution < 1.29 is 4.79 Å². The highest BCUT2D eigenvalue weighted by Crippen LogP contribution is 2.29. The van der Waals surface area contributed by atoms with Gasteiger partial charge in [-0.05, 0) is 36.4 Å². The zero-order valence-electron chi connectivity index (χ0n) is 13.2. The molecule has 0 saturated carbocycles. The van der Waals surface area contributed by atoms with E-state index in [-0.39, 0.29) is 11.3 Å². The van der Waals surface area contributed by atoms with E-state index in [2.05, 4.69) is 27.7 Å². The monoisotopic (exact) mass is 276 g/mol. The Hall–Kier alpha value is -1.35. The van der Waals surface area contributed by atoms with E-state index in [0.29, 0.717) is 25.4 Å². The molecule has 0 bridgehead atoms. The Morgan fingerprint density at radius 2 is 1.85 bits per heavy atom. The van der Waals surface area contributed by atoms with Gasteiger partial charge in [-0.1, -0.05) is 45.9 Å². The Morgan fingerprint density at radius 3 is 2.35 bits per heavy atom. The van der Waals surface area contributed by atoms with Gasteiger partial charge in [0.05, 0.1) is 0 Å². The third kappa shape index (κ3) is 4.97. The van der Waals surface area contributed by atoms with Gasteiger partial charge in [-0.2, -0.15) is 0 Å². The first-order chi connectivity index (χ1) is 9.36. The maximum Gasteiger partial charge on any atom is 0.227 e. The highest BCUT2D eigenvalue weighted by Gasteiger charge is 2.25. The lowest BCUT2D eigenvalue weighted by Crippen LogP contribution is -2.35. The minimum Gasteiger partial charge on any atom is -0.330 e. The van der Waals surface area contributed by atoms with E-state index in [4.69, 9.17) is 5.73 Å². The second-order valence-corrected chi connectivity index (χ2v) is 6.49. The van der Waals surface area contributed by atoms with E-state index in [9.17, 15) is 4.79 Å². The van der Waals surface area contributed by atoms with E-state index in [0.717, 1.165) is 12.1 Å². The van der Waals surface area contributed by atoms with Crippen LogP contribution in [0.1, 0.15) is 40.5 Å². The van der Waals surface area contributed by atoms with Gasteiger partial charge in [0.15, 0.2) is 0 Å². The number of anilines is 1. The molecular weight excluding hydrogens is 248 g/mol. The zero-order chi connectivity index (χ0) is 15.2. The molecule has 0 aliphatic heterocycles. The molecule has 0 spiro atoms. The molecule has 0 aliphatic carbocycles. The van der Waals surface area contributed by atoms with Crippen LogP contribution in [0.25, 0.3) is 0 Å². The van der Waals surface area contributed by atoms with Crippen molar-refractivity contribution in [2.24, 2.45) is 17.1 Å². The smallest absolute Gasteiger partial charge is 0.227 e. The van der Waals surface area contributed by atoms with Crippen LogP contribution in [0.2, 0.25) is 0 Å². The van der Waals surface area contributed by atoms with E-state index in [1.807, 2.05) is 35.2 Å². The molecule has 0 aliphatic rings. The van der Waals surface area contributed by atoms with E-state index >= 15 is 0 Å². The average molecular weight is 276 g/mol. The summed E-state index contributed by atoms with van der Waals surface area (Å²) in [4.78, 5) is 14.5. The van der Waals surface area contributed by atoms with Crippen molar-refractivity contribution in [2.75, 3.05) is 18.0 Å². The lowest BCUT2D eigenvalue weighted by Gasteiger charge is -2.30. The molecule has 3 nitrogen and oxygen atoms in total. The minimum absolute atomic E-state index is 0.145. The number of amides is 1. The van der Waals surface area contributed by atoms with Gasteiger partial charge >= 0.3 is 0 Å². The van der Waals surface area contributed by atoms with Crippen LogP contribution in [0.3, 0.4) is 0 Å². The molecule has 0 fully saturated rings. The standard InChI is InChI=1S/C17H28N2O/c1-14(17(2,3)4)13-16(20)19(12-8-11-18)15-9-6-5-7-10-15/h5-7,9-10,14H,8,11-13,18H2,1-4H3. The molecule has 1 aromatic rings. The molecule has 0 radical (unpaired) electrons. The third-order valence-electron chi connectivity index (χ3n) is 3.91. The Balaban J connectivity index is 2.81. The molecule has 0 heterocycles. The predicted molar refractivity (Wildman–Crippen MR) is 85.7 cm³/mol. The lowest BCUT2D eigenvalue weighted by molar-refractivity contribution is -0.120. The summed E-state index contributed by atoms with van der Waals surface area (Å²) in [5.41, 5.74) is 6.70. The normalized spacial score (nSPS) is 13.1. The van der Waals surface area contributed by atoms with Gasteiger partial charge in [-0.15, -0.1) is 0 Å². The highest BCUT2D eigenvalue weighted by molar-refractivity contribution is 5.93. The van der Waals surface area contributed by atoms with Crippen molar-refractivity contribution in [1.82, 2.24) is 0 Å². The number of hydrogen-bond donors (Lipinski definition) is 1. The Morgan fingerprint density at radius 1 is 1.25 bits per heavy atom. The second kappa shape index (κ2) is 7.44. The molecule has 1 aromatic carbocycles. The molecular formula is C17H28N2O. The maximum absolute atomic E-state index is 12.6. The van der Waals surface area contributed by atoms with Crippen LogP contribution in [0.15, 0.2) is 30.3 Å². The molecule has 3 heteroatoms. The fourth-order valence-corrected chi connectivity index (χ4v) is 1.93. The SMILES string of the molecule is CC(CC(=O)N(CCCN)c1ccccc1)C(C)(C)C. The molecule has 1 unspecified atom stereocenters. The quantitative estimate of drug-likeness (QED) is 0.865. The van der Waals surface area contributed by atoms with Crippen LogP contribution in [-0.2, 0) is 4.79 Å². The topological polar surface area (TPSA) is 46.3 Å². The molecule has 112 valence electrons. The fourth-order valence-electron chi connectivity index (χ4n) is 1.93. The Bertz CT molecular complexity index is 409. The van der Waals surface area contributed by atoms with Gasteiger partial charge in [0.1, 0.15) is 0 Å². The maximum atomic E-state index is 12.6. The van der Waals surface area contributed by atoms with Gasteiger partial charge in [0.2, 0.25) is 5.91 Å². The number of nitrogens with zero attached hydrogens (tertiary/aromatic N) is 1. The molecule has 0 saturated heterocycles. The van der Waals surface area contributed by atoms with Gasteiger partial charge in [-0.25, -0.2) is 0 Å². The van der Waals surface area contributed by atoms with Crippen molar-refractivity contribution in [3.8, 4) is 0 Å². The number of nitrogens with two attached hydrogens (primary N) is 1. The lowest BCUT2D eigenvalue weighted by atomic mass is 9.80. The number of para-hydroxylation sites is 1. The molecule has 2 N–H and O–H groups in total. The van der Waals surface area contributed by atoms with E-state index in [1.54, 1.807) is 0 Å². The van der Waals surface area contributed by atoms with Crippen LogP contribution in [0.4, 0.5) is 5.69 Å². The van der Waals surface area contributed by atoms with Crippen LogP contribution >= 0.6 is 0 Å². The van der Waals surface area contributed by atoms with E-state index < -0.39 is 0 Å². The van der Waals surface area contributed by atoms with Crippen molar-refractivity contribution in [3.05, 3.63) is 30.3 Å². The van der Waals surface area contributed by atoms with Gasteiger partial charge in [0.25, 0.3) is 0 Å². The first-order valence-corrected chi connectivity index (χ1v) is 7.41. The summed E-state index contributed by atoms with van der Waals surface area (Å²) in [7, 11) is 0. The number of carbonyl (C=O) groups is 1. The van der Waals surface area contributed by atoms with Crippen LogP contribution in [0.5, 0.6) is 0 Å². The summed E-state index contributed by atoms with van der Waals surface area (Å²) < 4.78 is 0. The van der Waals surface area contributed by atoms with Gasteiger partial charge in [-0.3, -0.25) is 4.79 Å². The summed E-state index contributed by atoms with van der Waals surface area (Å²) in [5.74, 6) is 0.533. The van der Waals surface area contributed by atoms with Crippen molar-refractivity contribution in [3.63, 3.8) is 0 Å². The first-order valence-electron chi connectivity index (χ1n) is 7.41. The Labute approximate surface area is 123 Å². The van der Waals surface area contributed by atoms with Crippen LogP contribution in [-0.4, -0.2) is 19.0 Å². The molecule has 20 heavy (non-hydrogen) atoms. The van der Waals surface area contributed by atoms with E-state index in [1.165, 1.54) is 0 Å². The van der Waals surface area contributed by atoms with Gasteiger partial charge in [0, 0.05) is 18.7 Å². The summed E-state index contributed by atoms with van der Waals surface area (Å²) in [6.45, 7) is 9.97. The number of hydrogen-bond acceptors (Lipinski definition) is 2. The highest BCUT2D eigenvalue weighted by atomic mass is 16.2. The second-order valence-electron chi connectivity index (χ2n) is 6.49. The van der Waals surface area contributed by atoms with Crippen molar-refractivity contribution in [2.45, 2.75) is 40.5 Å². The fraction of sp³-hybridized carbons (Fsp3) is 0.588. The third-order valence-corrected chi connectivity index (χ3v) is 3.91. The molecule has 1 atom stereocenters. The number of carbonyl (C=O) groups excluding carboxylic acids is 1. The summed E-state index contributed by atoms with van der Waals surface area (Å²) in [5, 5.41) is 0. The average Bonchev–Trinajstić information content (AvgIpc) is 2.39. The zero-order valence-corrected chi connectivity index (χ0v) is 13.2. The largest absolute Gasteiger partial charge is 0.330 e. The number of rotatable bonds is 6. The van der Waals surface area contributed by atoms with Crippen LogP contribution < -0.4 is 10.6 Å². The predicted octanol–water partition coefficient (Wildman–Crippen LogP) is 3.44. The first kappa shape index (κ1) is 16.7. The Kier molecular flexibility index (Phi) is 6.21. The minimum atomic E-state index is 0.145. The van der Waals surface area contributed by atoms with Crippen LogP contribution in [0, 0.1) is 11.3 Å². The van der Waals surface area contributed by atoms with Crippen molar-refractivity contribution in [1.29, 1.82) is 0 Å². The molecule has 1 amide bonds. The summed E-state index contributed by atoms with van der Waals surface area (Å²) in [6.07, 6.45) is 1.40. The van der Waals surface area contributed by atoms with Crippen molar-refractivity contribution >= 4 is 11.6 Å². The summed E-state index contributed by atoms with van der Waals surface area (Å²) in [6, 6.07) is 9.86. The molecule has 0 aromatic heterocycles. The summed E-state index contributed by atoms with van der Waals surface area (Å²) >= 11 is 0.